The number of rotatable bonds is 5. The van der Waals surface area contributed by atoms with Crippen LogP contribution in [0.3, 0.4) is 0 Å². The van der Waals surface area contributed by atoms with E-state index in [2.05, 4.69) is 37.4 Å². The molecule has 1 amide bonds. The number of hydrogen-bond acceptors (Lipinski definition) is 7. The Bertz CT molecular complexity index is 906. The van der Waals surface area contributed by atoms with Crippen LogP contribution < -0.4 is 24.6 Å². The van der Waals surface area contributed by atoms with Gasteiger partial charge in [-0.15, -0.1) is 10.2 Å². The lowest BCUT2D eigenvalue weighted by molar-refractivity contribution is -0.125. The molecule has 1 N–H and O–H groups in total. The second-order valence-corrected chi connectivity index (χ2v) is 8.46. The summed E-state index contributed by atoms with van der Waals surface area (Å²) < 4.78 is 10.7. The van der Waals surface area contributed by atoms with Gasteiger partial charge < -0.3 is 24.6 Å². The maximum atomic E-state index is 12.6. The van der Waals surface area contributed by atoms with Gasteiger partial charge in [-0.05, 0) is 61.9 Å². The second-order valence-electron chi connectivity index (χ2n) is 8.46. The minimum absolute atomic E-state index is 0.0332. The molecule has 164 valence electrons. The van der Waals surface area contributed by atoms with Crippen molar-refractivity contribution >= 4 is 17.5 Å². The Balaban J connectivity index is 1.10. The van der Waals surface area contributed by atoms with Crippen LogP contribution in [0.15, 0.2) is 30.3 Å². The molecule has 2 aromatic rings. The average Bonchev–Trinajstić information content (AvgIpc) is 3.31. The standard InChI is InChI=1S/C23H29N5O3/c29-23(24-15-17-4-5-19-20(14-17)31-16-30-19)18-8-12-28(13-9-18)22-7-6-21(25-26-22)27-10-2-1-3-11-27/h4-7,14,18H,1-3,8-13,15-16H2,(H,24,29). The van der Waals surface area contributed by atoms with Crippen LogP contribution in [0.5, 0.6) is 11.5 Å². The lowest BCUT2D eigenvalue weighted by Crippen LogP contribution is -2.40. The minimum atomic E-state index is 0.0332. The maximum absolute atomic E-state index is 12.6. The van der Waals surface area contributed by atoms with Crippen LogP contribution in [-0.4, -0.2) is 49.1 Å². The van der Waals surface area contributed by atoms with Crippen LogP contribution in [-0.2, 0) is 11.3 Å². The van der Waals surface area contributed by atoms with Crippen molar-refractivity contribution in [2.45, 2.75) is 38.6 Å². The van der Waals surface area contributed by atoms with Crippen LogP contribution in [0.2, 0.25) is 0 Å². The molecule has 0 bridgehead atoms. The van der Waals surface area contributed by atoms with Crippen molar-refractivity contribution in [2.75, 3.05) is 42.8 Å². The Hall–Kier alpha value is -3.03. The molecule has 8 heteroatoms. The van der Waals surface area contributed by atoms with Crippen LogP contribution in [0.25, 0.3) is 0 Å². The molecular weight excluding hydrogens is 394 g/mol. The predicted molar refractivity (Wildman–Crippen MR) is 117 cm³/mol. The fourth-order valence-electron chi connectivity index (χ4n) is 4.53. The van der Waals surface area contributed by atoms with E-state index in [1.807, 2.05) is 18.2 Å². The smallest absolute Gasteiger partial charge is 0.231 e. The van der Waals surface area contributed by atoms with Crippen LogP contribution in [0.1, 0.15) is 37.7 Å². The van der Waals surface area contributed by atoms with Crippen molar-refractivity contribution in [1.29, 1.82) is 0 Å². The highest BCUT2D eigenvalue weighted by molar-refractivity contribution is 5.79. The van der Waals surface area contributed by atoms with Gasteiger partial charge in [-0.2, -0.15) is 0 Å². The van der Waals surface area contributed by atoms with Gasteiger partial charge in [0, 0.05) is 38.6 Å². The minimum Gasteiger partial charge on any atom is -0.454 e. The quantitative estimate of drug-likeness (QED) is 0.792. The summed E-state index contributed by atoms with van der Waals surface area (Å²) in [6, 6.07) is 9.93. The maximum Gasteiger partial charge on any atom is 0.231 e. The molecule has 5 rings (SSSR count). The molecule has 2 fully saturated rings. The molecule has 0 unspecified atom stereocenters. The Morgan fingerprint density at radius 3 is 2.29 bits per heavy atom. The van der Waals surface area contributed by atoms with E-state index in [1.54, 1.807) is 0 Å². The first-order chi connectivity index (χ1) is 15.3. The van der Waals surface area contributed by atoms with Gasteiger partial charge in [-0.1, -0.05) is 6.07 Å². The Kier molecular flexibility index (Phi) is 5.78. The topological polar surface area (TPSA) is 79.8 Å². The van der Waals surface area contributed by atoms with E-state index in [-0.39, 0.29) is 18.6 Å². The number of ether oxygens (including phenoxy) is 2. The summed E-state index contributed by atoms with van der Waals surface area (Å²) in [4.78, 5) is 17.2. The number of nitrogens with zero attached hydrogens (tertiary/aromatic N) is 4. The van der Waals surface area contributed by atoms with Gasteiger partial charge in [0.15, 0.2) is 23.1 Å². The summed E-state index contributed by atoms with van der Waals surface area (Å²) in [5.41, 5.74) is 1.01. The molecule has 0 atom stereocenters. The Labute approximate surface area is 182 Å². The summed E-state index contributed by atoms with van der Waals surface area (Å²) in [5.74, 6) is 3.53. The van der Waals surface area contributed by atoms with Crippen molar-refractivity contribution in [3.05, 3.63) is 35.9 Å². The van der Waals surface area contributed by atoms with Crippen LogP contribution in [0, 0.1) is 5.92 Å². The first kappa shape index (κ1) is 19.9. The van der Waals surface area contributed by atoms with E-state index in [0.29, 0.717) is 6.54 Å². The monoisotopic (exact) mass is 423 g/mol. The highest BCUT2D eigenvalue weighted by Crippen LogP contribution is 2.32. The van der Waals surface area contributed by atoms with Gasteiger partial charge in [0.25, 0.3) is 0 Å². The van der Waals surface area contributed by atoms with Crippen molar-refractivity contribution in [2.24, 2.45) is 5.92 Å². The summed E-state index contributed by atoms with van der Waals surface area (Å²) in [6.45, 7) is 4.54. The molecule has 0 radical (unpaired) electrons. The zero-order chi connectivity index (χ0) is 21.0. The second kappa shape index (κ2) is 8.99. The molecule has 0 spiro atoms. The fraction of sp³-hybridized carbons (Fsp3) is 0.522. The first-order valence-corrected chi connectivity index (χ1v) is 11.3. The molecule has 3 aliphatic rings. The SMILES string of the molecule is O=C(NCc1ccc2c(c1)OCO2)C1CCN(c2ccc(N3CCCCC3)nn2)CC1. The number of fused-ring (bicyclic) bond motifs is 1. The third kappa shape index (κ3) is 4.52. The van der Waals surface area contributed by atoms with Crippen molar-refractivity contribution < 1.29 is 14.3 Å². The lowest BCUT2D eigenvalue weighted by Gasteiger charge is -2.32. The van der Waals surface area contributed by atoms with Gasteiger partial charge in [-0.3, -0.25) is 4.79 Å². The van der Waals surface area contributed by atoms with Gasteiger partial charge in [-0.25, -0.2) is 0 Å². The summed E-state index contributed by atoms with van der Waals surface area (Å²) in [7, 11) is 0. The first-order valence-electron chi connectivity index (χ1n) is 11.3. The molecule has 1 aromatic heterocycles. The molecule has 8 nitrogen and oxygen atoms in total. The summed E-state index contributed by atoms with van der Waals surface area (Å²) in [6.07, 6.45) is 5.41. The number of piperidine rings is 2. The van der Waals surface area contributed by atoms with Gasteiger partial charge in [0.05, 0.1) is 0 Å². The summed E-state index contributed by atoms with van der Waals surface area (Å²) >= 11 is 0. The molecule has 0 aliphatic carbocycles. The van der Waals surface area contributed by atoms with Crippen molar-refractivity contribution in [3.8, 4) is 11.5 Å². The van der Waals surface area contributed by atoms with E-state index in [1.165, 1.54) is 19.3 Å². The van der Waals surface area contributed by atoms with Gasteiger partial charge in [0.2, 0.25) is 12.7 Å². The Morgan fingerprint density at radius 2 is 1.58 bits per heavy atom. The predicted octanol–water partition coefficient (Wildman–Crippen LogP) is 2.73. The van der Waals surface area contributed by atoms with E-state index < -0.39 is 0 Å². The zero-order valence-corrected chi connectivity index (χ0v) is 17.8. The molecule has 3 aliphatic heterocycles. The number of amides is 1. The molecule has 0 saturated carbocycles. The molecule has 2 saturated heterocycles. The molecule has 31 heavy (non-hydrogen) atoms. The van der Waals surface area contributed by atoms with Crippen LogP contribution >= 0.6 is 0 Å². The van der Waals surface area contributed by atoms with Gasteiger partial charge >= 0.3 is 0 Å². The molecule has 4 heterocycles. The van der Waals surface area contributed by atoms with E-state index in [4.69, 9.17) is 9.47 Å². The zero-order valence-electron chi connectivity index (χ0n) is 17.8. The number of benzene rings is 1. The van der Waals surface area contributed by atoms with E-state index >= 15 is 0 Å². The highest BCUT2D eigenvalue weighted by atomic mass is 16.7. The largest absolute Gasteiger partial charge is 0.454 e. The highest BCUT2D eigenvalue weighted by Gasteiger charge is 2.26. The third-order valence-corrected chi connectivity index (χ3v) is 6.41. The molecular formula is C23H29N5O3. The van der Waals surface area contributed by atoms with E-state index in [0.717, 1.165) is 67.7 Å². The van der Waals surface area contributed by atoms with Crippen molar-refractivity contribution in [3.63, 3.8) is 0 Å². The van der Waals surface area contributed by atoms with Gasteiger partial charge in [0.1, 0.15) is 0 Å². The number of anilines is 2. The normalized spacial score (nSPS) is 18.8. The number of nitrogens with one attached hydrogen (secondary N) is 1. The van der Waals surface area contributed by atoms with Crippen molar-refractivity contribution in [1.82, 2.24) is 15.5 Å². The molecule has 1 aromatic carbocycles. The lowest BCUT2D eigenvalue weighted by atomic mass is 9.96. The Morgan fingerprint density at radius 1 is 0.903 bits per heavy atom. The number of hydrogen-bond donors (Lipinski definition) is 1. The number of carbonyl (C=O) groups excluding carboxylic acids is 1. The fourth-order valence-corrected chi connectivity index (χ4v) is 4.53. The number of carbonyl (C=O) groups is 1. The summed E-state index contributed by atoms with van der Waals surface area (Å²) in [5, 5.41) is 12.0. The average molecular weight is 424 g/mol. The number of aromatic nitrogens is 2. The third-order valence-electron chi connectivity index (χ3n) is 6.41. The van der Waals surface area contributed by atoms with Crippen LogP contribution in [0.4, 0.5) is 11.6 Å². The van der Waals surface area contributed by atoms with E-state index in [9.17, 15) is 4.79 Å².